The highest BCUT2D eigenvalue weighted by atomic mass is 35.5. The Labute approximate surface area is 119 Å². The lowest BCUT2D eigenvalue weighted by Gasteiger charge is -2.07. The number of anilines is 1. The molecule has 1 N–H and O–H groups in total. The van der Waals surface area contributed by atoms with Crippen molar-refractivity contribution in [2.75, 3.05) is 5.32 Å². The second-order valence-corrected chi connectivity index (χ2v) is 4.57. The third-order valence-electron chi connectivity index (χ3n) is 2.68. The van der Waals surface area contributed by atoms with Crippen molar-refractivity contribution >= 4 is 23.2 Å². The van der Waals surface area contributed by atoms with Crippen LogP contribution in [0, 0.1) is 5.82 Å². The summed E-state index contributed by atoms with van der Waals surface area (Å²) >= 11 is 5.62. The highest BCUT2D eigenvalue weighted by molar-refractivity contribution is 6.31. The number of amides is 1. The number of pyridine rings is 1. The van der Waals surface area contributed by atoms with E-state index >= 15 is 0 Å². The number of nitrogens with zero attached hydrogens (tertiary/aromatic N) is 1. The van der Waals surface area contributed by atoms with E-state index in [-0.39, 0.29) is 29.5 Å². The zero-order valence-electron chi connectivity index (χ0n) is 10.5. The number of rotatable bonds is 4. The Bertz CT molecular complexity index is 685. The van der Waals surface area contributed by atoms with Crippen LogP contribution in [0.3, 0.4) is 0 Å². The standard InChI is InChI=1S/C14H12ClFN2O2/c15-11-9-10(4-5-12(11)16)17-13(19)6-8-18-7-2-1-3-14(18)20/h1-5,7,9H,6,8H2,(H,17,19). The molecule has 0 bridgehead atoms. The Morgan fingerprint density at radius 1 is 1.30 bits per heavy atom. The molecule has 1 heterocycles. The molecule has 20 heavy (non-hydrogen) atoms. The van der Waals surface area contributed by atoms with E-state index in [0.717, 1.165) is 0 Å². The maximum atomic E-state index is 13.0. The van der Waals surface area contributed by atoms with E-state index in [0.29, 0.717) is 5.69 Å². The fraction of sp³-hybridized carbons (Fsp3) is 0.143. The van der Waals surface area contributed by atoms with Crippen LogP contribution in [0.5, 0.6) is 0 Å². The minimum Gasteiger partial charge on any atom is -0.326 e. The van der Waals surface area contributed by atoms with Crippen molar-refractivity contribution in [1.82, 2.24) is 4.57 Å². The predicted octanol–water partition coefficient (Wildman–Crippen LogP) is 2.67. The summed E-state index contributed by atoms with van der Waals surface area (Å²) in [5, 5.41) is 2.54. The number of aromatic nitrogens is 1. The van der Waals surface area contributed by atoms with Gasteiger partial charge in [0.25, 0.3) is 5.56 Å². The molecule has 0 fully saturated rings. The molecule has 2 rings (SSSR count). The highest BCUT2D eigenvalue weighted by Crippen LogP contribution is 2.19. The number of halogens is 2. The summed E-state index contributed by atoms with van der Waals surface area (Å²) in [6.07, 6.45) is 1.75. The minimum absolute atomic E-state index is 0.0536. The van der Waals surface area contributed by atoms with Gasteiger partial charge in [-0.1, -0.05) is 17.7 Å². The number of carbonyl (C=O) groups is 1. The van der Waals surface area contributed by atoms with Gasteiger partial charge in [-0.05, 0) is 24.3 Å². The lowest BCUT2D eigenvalue weighted by Crippen LogP contribution is -2.21. The zero-order valence-corrected chi connectivity index (χ0v) is 11.2. The lowest BCUT2D eigenvalue weighted by molar-refractivity contribution is -0.116. The molecule has 104 valence electrons. The monoisotopic (exact) mass is 294 g/mol. The Kier molecular flexibility index (Phi) is 4.53. The summed E-state index contributed by atoms with van der Waals surface area (Å²) in [6.45, 7) is 0.278. The second-order valence-electron chi connectivity index (χ2n) is 4.16. The summed E-state index contributed by atoms with van der Waals surface area (Å²) in [6, 6.07) is 8.73. The smallest absolute Gasteiger partial charge is 0.250 e. The Morgan fingerprint density at radius 2 is 2.10 bits per heavy atom. The van der Waals surface area contributed by atoms with Crippen LogP contribution in [-0.2, 0) is 11.3 Å². The number of carbonyl (C=O) groups excluding carboxylic acids is 1. The molecule has 0 spiro atoms. The number of hydrogen-bond donors (Lipinski definition) is 1. The Balaban J connectivity index is 1.94. The van der Waals surface area contributed by atoms with Crippen molar-refractivity contribution in [2.24, 2.45) is 0 Å². The first-order chi connectivity index (χ1) is 9.56. The van der Waals surface area contributed by atoms with E-state index in [4.69, 9.17) is 11.6 Å². The topological polar surface area (TPSA) is 51.1 Å². The molecule has 0 radical (unpaired) electrons. The molecule has 0 aliphatic heterocycles. The van der Waals surface area contributed by atoms with Crippen LogP contribution in [-0.4, -0.2) is 10.5 Å². The highest BCUT2D eigenvalue weighted by Gasteiger charge is 2.06. The molecule has 4 nitrogen and oxygen atoms in total. The van der Waals surface area contributed by atoms with E-state index < -0.39 is 5.82 Å². The molecule has 0 aliphatic rings. The number of hydrogen-bond acceptors (Lipinski definition) is 2. The molecular formula is C14H12ClFN2O2. The van der Waals surface area contributed by atoms with Crippen LogP contribution in [0.1, 0.15) is 6.42 Å². The number of aryl methyl sites for hydroxylation is 1. The maximum Gasteiger partial charge on any atom is 0.250 e. The van der Waals surface area contributed by atoms with Crippen LogP contribution >= 0.6 is 11.6 Å². The molecule has 0 saturated heterocycles. The van der Waals surface area contributed by atoms with Crippen molar-refractivity contribution in [2.45, 2.75) is 13.0 Å². The summed E-state index contributed by atoms with van der Waals surface area (Å²) < 4.78 is 14.4. The fourth-order valence-electron chi connectivity index (χ4n) is 1.66. The van der Waals surface area contributed by atoms with E-state index in [2.05, 4.69) is 5.32 Å². The van der Waals surface area contributed by atoms with E-state index in [9.17, 15) is 14.0 Å². The first-order valence-electron chi connectivity index (χ1n) is 5.96. The molecule has 1 aromatic heterocycles. The van der Waals surface area contributed by atoms with Gasteiger partial charge in [-0.3, -0.25) is 9.59 Å². The van der Waals surface area contributed by atoms with E-state index in [1.165, 1.54) is 28.8 Å². The van der Waals surface area contributed by atoms with Gasteiger partial charge in [-0.2, -0.15) is 0 Å². The molecule has 0 unspecified atom stereocenters. The SMILES string of the molecule is O=C(CCn1ccccc1=O)Nc1ccc(F)c(Cl)c1. The van der Waals surface area contributed by atoms with Gasteiger partial charge in [0.05, 0.1) is 5.02 Å². The van der Waals surface area contributed by atoms with Crippen molar-refractivity contribution < 1.29 is 9.18 Å². The molecule has 2 aromatic rings. The molecule has 1 aromatic carbocycles. The largest absolute Gasteiger partial charge is 0.326 e. The normalized spacial score (nSPS) is 10.3. The Morgan fingerprint density at radius 3 is 2.80 bits per heavy atom. The van der Waals surface area contributed by atoms with Gasteiger partial charge < -0.3 is 9.88 Å². The first kappa shape index (κ1) is 14.3. The third-order valence-corrected chi connectivity index (χ3v) is 2.97. The second kappa shape index (κ2) is 6.34. The molecule has 0 aliphatic carbocycles. The average Bonchev–Trinajstić information content (AvgIpc) is 2.42. The summed E-state index contributed by atoms with van der Waals surface area (Å²) in [5.74, 6) is -0.816. The third kappa shape index (κ3) is 3.68. The van der Waals surface area contributed by atoms with E-state index in [1.54, 1.807) is 18.3 Å². The van der Waals surface area contributed by atoms with Gasteiger partial charge in [-0.15, -0.1) is 0 Å². The van der Waals surface area contributed by atoms with Crippen molar-refractivity contribution in [3.63, 3.8) is 0 Å². The van der Waals surface area contributed by atoms with Gasteiger partial charge in [0.1, 0.15) is 5.82 Å². The predicted molar refractivity (Wildman–Crippen MR) is 75.4 cm³/mol. The van der Waals surface area contributed by atoms with Crippen LogP contribution < -0.4 is 10.9 Å². The summed E-state index contributed by atoms with van der Waals surface area (Å²) in [4.78, 5) is 23.2. The molecule has 0 atom stereocenters. The number of benzene rings is 1. The minimum atomic E-state index is -0.541. The van der Waals surface area contributed by atoms with Gasteiger partial charge in [0, 0.05) is 30.9 Å². The van der Waals surface area contributed by atoms with Gasteiger partial charge in [0.15, 0.2) is 0 Å². The maximum absolute atomic E-state index is 13.0. The van der Waals surface area contributed by atoms with Crippen molar-refractivity contribution in [3.05, 3.63) is 63.8 Å². The van der Waals surface area contributed by atoms with Gasteiger partial charge in [0.2, 0.25) is 5.91 Å². The fourth-order valence-corrected chi connectivity index (χ4v) is 1.85. The molecule has 0 saturated carbocycles. The van der Waals surface area contributed by atoms with Crippen LogP contribution in [0.15, 0.2) is 47.4 Å². The van der Waals surface area contributed by atoms with Crippen LogP contribution in [0.25, 0.3) is 0 Å². The lowest BCUT2D eigenvalue weighted by atomic mass is 10.3. The van der Waals surface area contributed by atoms with Crippen LogP contribution in [0.4, 0.5) is 10.1 Å². The van der Waals surface area contributed by atoms with Crippen molar-refractivity contribution in [1.29, 1.82) is 0 Å². The van der Waals surface area contributed by atoms with Gasteiger partial charge in [-0.25, -0.2) is 4.39 Å². The summed E-state index contributed by atoms with van der Waals surface area (Å²) in [7, 11) is 0. The quantitative estimate of drug-likeness (QED) is 0.942. The average molecular weight is 295 g/mol. The Hall–Kier alpha value is -2.14. The van der Waals surface area contributed by atoms with Gasteiger partial charge >= 0.3 is 0 Å². The molecular weight excluding hydrogens is 283 g/mol. The van der Waals surface area contributed by atoms with Crippen LogP contribution in [0.2, 0.25) is 5.02 Å². The first-order valence-corrected chi connectivity index (χ1v) is 6.34. The summed E-state index contributed by atoms with van der Waals surface area (Å²) in [5.41, 5.74) is 0.256. The van der Waals surface area contributed by atoms with Crippen molar-refractivity contribution in [3.8, 4) is 0 Å². The van der Waals surface area contributed by atoms with E-state index in [1.807, 2.05) is 0 Å². The molecule has 1 amide bonds. The molecule has 6 heteroatoms. The zero-order chi connectivity index (χ0) is 14.5. The number of nitrogens with one attached hydrogen (secondary N) is 1.